The molecule has 2 atom stereocenters. The Morgan fingerprint density at radius 1 is 1.71 bits per heavy atom. The first-order valence-corrected chi connectivity index (χ1v) is 6.76. The molecular formula is C12H15NO2S2. The largest absolute Gasteiger partial charge is 0.468 e. The Labute approximate surface area is 110 Å². The fourth-order valence-corrected chi connectivity index (χ4v) is 3.15. The molecule has 0 bridgehead atoms. The second-order valence-corrected chi connectivity index (χ2v) is 5.45. The van der Waals surface area contributed by atoms with Crippen LogP contribution in [-0.4, -0.2) is 26.5 Å². The van der Waals surface area contributed by atoms with E-state index in [0.29, 0.717) is 6.54 Å². The first kappa shape index (κ1) is 12.8. The van der Waals surface area contributed by atoms with Crippen molar-refractivity contribution in [2.24, 2.45) is 0 Å². The number of furan rings is 1. The van der Waals surface area contributed by atoms with Crippen LogP contribution in [0.5, 0.6) is 0 Å². The van der Waals surface area contributed by atoms with Gasteiger partial charge >= 0.3 is 0 Å². The highest BCUT2D eigenvalue weighted by atomic mass is 32.2. The molecular weight excluding hydrogens is 254 g/mol. The standard InChI is InChI=1S/C12H15NO2S2/c1-9-8-17-11(7-16)13(12(9,2)14)6-10-4-3-5-15-10/h3-5,7-8,11,14H,6H2,1-2H3. The van der Waals surface area contributed by atoms with Crippen LogP contribution in [-0.2, 0) is 6.54 Å². The first-order valence-electron chi connectivity index (χ1n) is 5.35. The second-order valence-electron chi connectivity index (χ2n) is 4.19. The Balaban J connectivity index is 2.27. The molecule has 92 valence electrons. The summed E-state index contributed by atoms with van der Waals surface area (Å²) < 4.78 is 5.33. The quantitative estimate of drug-likeness (QED) is 0.854. The lowest BCUT2D eigenvalue weighted by atomic mass is 10.1. The summed E-state index contributed by atoms with van der Waals surface area (Å²) in [4.78, 5) is 1.93. The van der Waals surface area contributed by atoms with E-state index >= 15 is 0 Å². The molecule has 17 heavy (non-hydrogen) atoms. The molecule has 1 aliphatic heterocycles. The lowest BCUT2D eigenvalue weighted by Gasteiger charge is -2.43. The van der Waals surface area contributed by atoms with Crippen LogP contribution in [0.2, 0.25) is 0 Å². The monoisotopic (exact) mass is 269 g/mol. The highest BCUT2D eigenvalue weighted by molar-refractivity contribution is 8.04. The molecule has 5 heteroatoms. The van der Waals surface area contributed by atoms with Crippen LogP contribution in [0.1, 0.15) is 19.6 Å². The minimum atomic E-state index is -0.988. The van der Waals surface area contributed by atoms with Gasteiger partial charge in [0.25, 0.3) is 0 Å². The fourth-order valence-electron chi connectivity index (χ4n) is 1.75. The van der Waals surface area contributed by atoms with E-state index in [0.717, 1.165) is 11.3 Å². The van der Waals surface area contributed by atoms with Gasteiger partial charge in [0.1, 0.15) is 11.5 Å². The van der Waals surface area contributed by atoms with Gasteiger partial charge in [0.05, 0.1) is 18.2 Å². The summed E-state index contributed by atoms with van der Waals surface area (Å²) in [5, 5.41) is 14.2. The number of hydrogen-bond donors (Lipinski definition) is 1. The molecule has 0 amide bonds. The molecule has 2 heterocycles. The highest BCUT2D eigenvalue weighted by Crippen LogP contribution is 2.36. The third-order valence-electron chi connectivity index (χ3n) is 3.02. The van der Waals surface area contributed by atoms with Gasteiger partial charge in [-0.05, 0) is 37.0 Å². The van der Waals surface area contributed by atoms with Crippen molar-refractivity contribution in [1.29, 1.82) is 0 Å². The van der Waals surface area contributed by atoms with Gasteiger partial charge in [-0.2, -0.15) is 0 Å². The topological polar surface area (TPSA) is 36.6 Å². The van der Waals surface area contributed by atoms with E-state index in [1.54, 1.807) is 30.3 Å². The molecule has 0 aromatic carbocycles. The third kappa shape index (κ3) is 2.47. The Hall–Kier alpha value is -0.620. The van der Waals surface area contributed by atoms with Crippen LogP contribution >= 0.6 is 24.0 Å². The maximum atomic E-state index is 10.5. The van der Waals surface area contributed by atoms with Crippen molar-refractivity contribution in [2.75, 3.05) is 0 Å². The van der Waals surface area contributed by atoms with Crippen molar-refractivity contribution in [1.82, 2.24) is 4.90 Å². The highest BCUT2D eigenvalue weighted by Gasteiger charge is 2.39. The number of rotatable bonds is 3. The molecule has 0 saturated heterocycles. The van der Waals surface area contributed by atoms with Crippen molar-refractivity contribution in [3.05, 3.63) is 35.1 Å². The number of thiocarbonyl (C=S) groups is 1. The van der Waals surface area contributed by atoms with E-state index in [4.69, 9.17) is 16.6 Å². The van der Waals surface area contributed by atoms with Crippen LogP contribution < -0.4 is 0 Å². The summed E-state index contributed by atoms with van der Waals surface area (Å²) in [6.07, 6.45) is 1.64. The molecule has 1 N–H and O–H groups in total. The van der Waals surface area contributed by atoms with Crippen LogP contribution in [0.4, 0.5) is 0 Å². The summed E-state index contributed by atoms with van der Waals surface area (Å²) >= 11 is 6.63. The van der Waals surface area contributed by atoms with Crippen molar-refractivity contribution >= 4 is 29.3 Å². The summed E-state index contributed by atoms with van der Waals surface area (Å²) in [6, 6.07) is 3.74. The zero-order valence-corrected chi connectivity index (χ0v) is 11.4. The predicted molar refractivity (Wildman–Crippen MR) is 73.7 cm³/mol. The van der Waals surface area contributed by atoms with Gasteiger partial charge < -0.3 is 9.52 Å². The average Bonchev–Trinajstić information content (AvgIpc) is 2.79. The zero-order chi connectivity index (χ0) is 12.5. The van der Waals surface area contributed by atoms with E-state index in [9.17, 15) is 5.11 Å². The Morgan fingerprint density at radius 2 is 2.47 bits per heavy atom. The molecule has 0 fully saturated rings. The number of thioether (sulfide) groups is 1. The maximum Gasteiger partial charge on any atom is 0.139 e. The lowest BCUT2D eigenvalue weighted by molar-refractivity contribution is -0.0681. The normalized spacial score (nSPS) is 30.1. The zero-order valence-electron chi connectivity index (χ0n) is 9.79. The van der Waals surface area contributed by atoms with Crippen LogP contribution in [0.25, 0.3) is 0 Å². The van der Waals surface area contributed by atoms with E-state index in [1.807, 2.05) is 29.4 Å². The summed E-state index contributed by atoms with van der Waals surface area (Å²) in [7, 11) is 0. The van der Waals surface area contributed by atoms with Crippen LogP contribution in [0.15, 0.2) is 33.8 Å². The molecule has 1 aliphatic rings. The van der Waals surface area contributed by atoms with Gasteiger partial charge in [-0.1, -0.05) is 12.2 Å². The SMILES string of the molecule is CC1=CSC(C=S)N(Cc2ccco2)C1(C)O. The van der Waals surface area contributed by atoms with E-state index in [-0.39, 0.29) is 5.37 Å². The fraction of sp³-hybridized carbons (Fsp3) is 0.417. The molecule has 1 aromatic rings. The molecule has 1 aromatic heterocycles. The van der Waals surface area contributed by atoms with Gasteiger partial charge in [0.15, 0.2) is 0 Å². The number of hydrogen-bond acceptors (Lipinski definition) is 5. The summed E-state index contributed by atoms with van der Waals surface area (Å²) in [6.45, 7) is 4.24. The van der Waals surface area contributed by atoms with Gasteiger partial charge in [-0.15, -0.1) is 11.8 Å². The minimum absolute atomic E-state index is 0.0196. The molecule has 2 unspecified atom stereocenters. The van der Waals surface area contributed by atoms with Gasteiger partial charge in [-0.25, -0.2) is 4.90 Å². The third-order valence-corrected chi connectivity index (χ3v) is 4.61. The first-order chi connectivity index (χ1) is 8.05. The van der Waals surface area contributed by atoms with Crippen LogP contribution in [0.3, 0.4) is 0 Å². The van der Waals surface area contributed by atoms with Crippen molar-refractivity contribution in [3.8, 4) is 0 Å². The van der Waals surface area contributed by atoms with Crippen molar-refractivity contribution in [3.63, 3.8) is 0 Å². The molecule has 0 aliphatic carbocycles. The van der Waals surface area contributed by atoms with Gasteiger partial charge in [-0.3, -0.25) is 0 Å². The smallest absolute Gasteiger partial charge is 0.139 e. The van der Waals surface area contributed by atoms with E-state index in [1.165, 1.54) is 0 Å². The Kier molecular flexibility index (Phi) is 3.73. The maximum absolute atomic E-state index is 10.5. The molecule has 0 saturated carbocycles. The molecule has 0 radical (unpaired) electrons. The number of nitrogens with zero attached hydrogens (tertiary/aromatic N) is 1. The lowest BCUT2D eigenvalue weighted by Crippen LogP contribution is -2.53. The molecule has 0 spiro atoms. The summed E-state index contributed by atoms with van der Waals surface area (Å²) in [5.41, 5.74) is -0.0694. The minimum Gasteiger partial charge on any atom is -0.468 e. The van der Waals surface area contributed by atoms with Gasteiger partial charge in [0, 0.05) is 5.37 Å². The second kappa shape index (κ2) is 4.94. The van der Waals surface area contributed by atoms with E-state index in [2.05, 4.69) is 0 Å². The Morgan fingerprint density at radius 3 is 3.06 bits per heavy atom. The van der Waals surface area contributed by atoms with Crippen LogP contribution in [0, 0.1) is 0 Å². The van der Waals surface area contributed by atoms with Crippen molar-refractivity contribution in [2.45, 2.75) is 31.5 Å². The van der Waals surface area contributed by atoms with Gasteiger partial charge in [0.2, 0.25) is 0 Å². The van der Waals surface area contributed by atoms with E-state index < -0.39 is 5.72 Å². The van der Waals surface area contributed by atoms with Crippen molar-refractivity contribution < 1.29 is 9.52 Å². The Bertz CT molecular complexity index is 426. The summed E-state index contributed by atoms with van der Waals surface area (Å²) in [5.74, 6) is 0.822. The average molecular weight is 269 g/mol. The molecule has 3 nitrogen and oxygen atoms in total. The predicted octanol–water partition coefficient (Wildman–Crippen LogP) is 2.77. The molecule has 2 rings (SSSR count). The number of aliphatic hydroxyl groups is 1.